The smallest absolute Gasteiger partial charge is 0.00836 e. The topological polar surface area (TPSA) is 29.3 Å². The number of nitrogens with two attached hydrogens (primary N) is 1. The molecule has 0 aromatic heterocycles. The van der Waals surface area contributed by atoms with Crippen LogP contribution < -0.4 is 5.73 Å². The number of hydrogen-bond donors (Lipinski definition) is 1. The van der Waals surface area contributed by atoms with E-state index in [1.165, 1.54) is 32.4 Å². The van der Waals surface area contributed by atoms with Crippen LogP contribution in [-0.2, 0) is 0 Å². The molecule has 1 heterocycles. The molecule has 0 amide bonds. The van der Waals surface area contributed by atoms with Crippen LogP contribution in [0.25, 0.3) is 0 Å². The van der Waals surface area contributed by atoms with Crippen LogP contribution in [0.4, 0.5) is 0 Å². The molecule has 2 nitrogen and oxygen atoms in total. The summed E-state index contributed by atoms with van der Waals surface area (Å²) in [7, 11) is 0. The van der Waals surface area contributed by atoms with Crippen molar-refractivity contribution < 1.29 is 0 Å². The number of likely N-dealkylation sites (tertiary alicyclic amines) is 1. The zero-order chi connectivity index (χ0) is 7.84. The van der Waals surface area contributed by atoms with Gasteiger partial charge >= 0.3 is 0 Å². The van der Waals surface area contributed by atoms with Crippen LogP contribution in [0.1, 0.15) is 26.2 Å². The van der Waals surface area contributed by atoms with Crippen LogP contribution in [0, 0.1) is 5.92 Å². The molecule has 11 heavy (non-hydrogen) atoms. The third-order valence-electron chi connectivity index (χ3n) is 3.14. The van der Waals surface area contributed by atoms with E-state index in [4.69, 9.17) is 5.73 Å². The Morgan fingerprint density at radius 3 is 2.73 bits per heavy atom. The maximum absolute atomic E-state index is 5.76. The Kier molecular flexibility index (Phi) is 1.90. The zero-order valence-electron chi connectivity index (χ0n) is 7.29. The number of rotatable bonds is 2. The second-order valence-corrected chi connectivity index (χ2v) is 4.15. The van der Waals surface area contributed by atoms with Crippen molar-refractivity contribution in [3.05, 3.63) is 0 Å². The van der Waals surface area contributed by atoms with Crippen LogP contribution in [0.3, 0.4) is 0 Å². The van der Waals surface area contributed by atoms with E-state index in [9.17, 15) is 0 Å². The van der Waals surface area contributed by atoms with Crippen molar-refractivity contribution in [1.29, 1.82) is 0 Å². The van der Waals surface area contributed by atoms with Crippen molar-refractivity contribution in [1.82, 2.24) is 4.90 Å². The number of nitrogens with zero attached hydrogens (tertiary/aromatic N) is 1. The molecule has 2 fully saturated rings. The lowest BCUT2D eigenvalue weighted by Crippen LogP contribution is -2.30. The molecule has 2 heteroatoms. The molecule has 1 saturated carbocycles. The molecule has 0 aromatic carbocycles. The molecule has 1 aliphatic heterocycles. The first kappa shape index (κ1) is 7.56. The van der Waals surface area contributed by atoms with E-state index < -0.39 is 0 Å². The summed E-state index contributed by atoms with van der Waals surface area (Å²) in [6.07, 6.45) is 4.05. The van der Waals surface area contributed by atoms with E-state index in [1.54, 1.807) is 0 Å². The van der Waals surface area contributed by atoms with E-state index in [0.717, 1.165) is 12.0 Å². The molecule has 0 bridgehead atoms. The highest BCUT2D eigenvalue weighted by atomic mass is 15.2. The fraction of sp³-hybridized carbons (Fsp3) is 1.00. The van der Waals surface area contributed by atoms with Crippen molar-refractivity contribution >= 4 is 0 Å². The van der Waals surface area contributed by atoms with E-state index in [1.807, 2.05) is 0 Å². The Bertz CT molecular complexity index is 146. The van der Waals surface area contributed by atoms with Gasteiger partial charge in [0.1, 0.15) is 0 Å². The molecule has 1 unspecified atom stereocenters. The van der Waals surface area contributed by atoms with Crippen LogP contribution in [-0.4, -0.2) is 30.1 Å². The van der Waals surface area contributed by atoms with Crippen LogP contribution in [0.2, 0.25) is 0 Å². The van der Waals surface area contributed by atoms with Gasteiger partial charge < -0.3 is 10.6 Å². The molecule has 2 rings (SSSR count). The van der Waals surface area contributed by atoms with Gasteiger partial charge in [0.15, 0.2) is 0 Å². The first-order valence-corrected chi connectivity index (χ1v) is 4.77. The first-order chi connectivity index (χ1) is 5.27. The maximum Gasteiger partial charge on any atom is 0.00836 e. The molecule has 64 valence electrons. The Balaban J connectivity index is 1.77. The fourth-order valence-corrected chi connectivity index (χ4v) is 2.05. The van der Waals surface area contributed by atoms with Gasteiger partial charge in [-0.25, -0.2) is 0 Å². The van der Waals surface area contributed by atoms with Crippen molar-refractivity contribution in [2.75, 3.05) is 13.1 Å². The molecule has 0 spiro atoms. The summed E-state index contributed by atoms with van der Waals surface area (Å²) in [5.74, 6) is 0.829. The van der Waals surface area contributed by atoms with E-state index >= 15 is 0 Å². The van der Waals surface area contributed by atoms with Gasteiger partial charge in [-0.05, 0) is 38.6 Å². The fourth-order valence-electron chi connectivity index (χ4n) is 2.05. The third kappa shape index (κ3) is 1.57. The lowest BCUT2D eigenvalue weighted by molar-refractivity contribution is 0.256. The molecule has 2 aliphatic rings. The highest BCUT2D eigenvalue weighted by Crippen LogP contribution is 2.31. The predicted molar refractivity (Wildman–Crippen MR) is 46.4 cm³/mol. The Morgan fingerprint density at radius 1 is 1.55 bits per heavy atom. The SMILES string of the molecule is CC1CCCN1C[C@H]1C[C@@H]1N. The van der Waals surface area contributed by atoms with E-state index in [2.05, 4.69) is 11.8 Å². The molecule has 2 N–H and O–H groups in total. The minimum atomic E-state index is 0.530. The zero-order valence-corrected chi connectivity index (χ0v) is 7.29. The van der Waals surface area contributed by atoms with E-state index in [0.29, 0.717) is 6.04 Å². The average molecular weight is 154 g/mol. The lowest BCUT2D eigenvalue weighted by atomic mass is 10.2. The van der Waals surface area contributed by atoms with Gasteiger partial charge in [0.05, 0.1) is 0 Å². The van der Waals surface area contributed by atoms with E-state index in [-0.39, 0.29) is 0 Å². The Morgan fingerprint density at radius 2 is 2.27 bits per heavy atom. The third-order valence-corrected chi connectivity index (χ3v) is 3.14. The molecule has 0 aromatic rings. The molecular weight excluding hydrogens is 136 g/mol. The van der Waals surface area contributed by atoms with Gasteiger partial charge in [-0.1, -0.05) is 0 Å². The second-order valence-electron chi connectivity index (χ2n) is 4.15. The summed E-state index contributed by atoms with van der Waals surface area (Å²) in [6, 6.07) is 1.35. The lowest BCUT2D eigenvalue weighted by Gasteiger charge is -2.20. The standard InChI is InChI=1S/C9H18N2/c1-7-3-2-4-11(7)6-8-5-9(8)10/h7-9H,2-6,10H2,1H3/t7?,8-,9+/m1/s1. The summed E-state index contributed by atoms with van der Waals surface area (Å²) < 4.78 is 0. The Hall–Kier alpha value is -0.0800. The monoisotopic (exact) mass is 154 g/mol. The Labute approximate surface area is 68.7 Å². The van der Waals surface area contributed by atoms with Crippen LogP contribution in [0.15, 0.2) is 0 Å². The second kappa shape index (κ2) is 2.76. The van der Waals surface area contributed by atoms with Gasteiger partial charge in [-0.15, -0.1) is 0 Å². The summed E-state index contributed by atoms with van der Waals surface area (Å²) in [5.41, 5.74) is 5.76. The van der Waals surface area contributed by atoms with Crippen molar-refractivity contribution in [2.45, 2.75) is 38.3 Å². The highest BCUT2D eigenvalue weighted by molar-refractivity contribution is 4.93. The van der Waals surface area contributed by atoms with Crippen LogP contribution in [0.5, 0.6) is 0 Å². The average Bonchev–Trinajstić information content (AvgIpc) is 2.48. The maximum atomic E-state index is 5.76. The van der Waals surface area contributed by atoms with Crippen LogP contribution >= 0.6 is 0 Å². The molecule has 1 saturated heterocycles. The summed E-state index contributed by atoms with van der Waals surface area (Å²) >= 11 is 0. The quantitative estimate of drug-likeness (QED) is 0.638. The molecular formula is C9H18N2. The van der Waals surface area contributed by atoms with Gasteiger partial charge in [-0.3, -0.25) is 0 Å². The largest absolute Gasteiger partial charge is 0.327 e. The van der Waals surface area contributed by atoms with Gasteiger partial charge in [0.2, 0.25) is 0 Å². The number of hydrogen-bond acceptors (Lipinski definition) is 2. The summed E-state index contributed by atoms with van der Waals surface area (Å²) in [6.45, 7) is 4.91. The predicted octanol–water partition coefficient (Wildman–Crippen LogP) is 0.818. The highest BCUT2D eigenvalue weighted by Gasteiger charge is 2.36. The van der Waals surface area contributed by atoms with Gasteiger partial charge in [-0.2, -0.15) is 0 Å². The first-order valence-electron chi connectivity index (χ1n) is 4.77. The van der Waals surface area contributed by atoms with Crippen molar-refractivity contribution in [3.63, 3.8) is 0 Å². The molecule has 1 aliphatic carbocycles. The molecule has 3 atom stereocenters. The van der Waals surface area contributed by atoms with Crippen molar-refractivity contribution in [3.8, 4) is 0 Å². The van der Waals surface area contributed by atoms with Gasteiger partial charge in [0.25, 0.3) is 0 Å². The summed E-state index contributed by atoms with van der Waals surface area (Å²) in [5, 5.41) is 0. The van der Waals surface area contributed by atoms with Crippen molar-refractivity contribution in [2.24, 2.45) is 11.7 Å². The molecule has 0 radical (unpaired) electrons. The minimum Gasteiger partial charge on any atom is -0.327 e. The summed E-state index contributed by atoms with van der Waals surface area (Å²) in [4.78, 5) is 2.59. The normalized spacial score (nSPS) is 44.7. The minimum absolute atomic E-state index is 0.530. The van der Waals surface area contributed by atoms with Gasteiger partial charge in [0, 0.05) is 18.6 Å².